The first-order valence-corrected chi connectivity index (χ1v) is 12.3. The van der Waals surface area contributed by atoms with Gasteiger partial charge in [-0.05, 0) is 42.8 Å². The SMILES string of the molecule is COc1cccc(OC)c1-n1c(NS(=O)(=O)CC(O)c2ccc(F)cn2)nnc1-c1cncc(C)c1. The number of halogens is 1. The Morgan fingerprint density at radius 3 is 2.42 bits per heavy atom. The van der Waals surface area contributed by atoms with Crippen LogP contribution in [0.25, 0.3) is 17.1 Å². The van der Waals surface area contributed by atoms with Gasteiger partial charge < -0.3 is 14.6 Å². The van der Waals surface area contributed by atoms with E-state index in [4.69, 9.17) is 9.47 Å². The molecule has 0 aliphatic rings. The largest absolute Gasteiger partial charge is 0.494 e. The zero-order chi connectivity index (χ0) is 25.9. The van der Waals surface area contributed by atoms with Gasteiger partial charge in [-0.3, -0.25) is 19.3 Å². The number of sulfonamides is 1. The number of nitrogens with zero attached hydrogens (tertiary/aromatic N) is 5. The van der Waals surface area contributed by atoms with Crippen molar-refractivity contribution in [1.29, 1.82) is 0 Å². The number of pyridine rings is 2. The molecule has 0 spiro atoms. The Bertz CT molecular complexity index is 1450. The highest BCUT2D eigenvalue weighted by Gasteiger charge is 2.27. The van der Waals surface area contributed by atoms with E-state index in [1.165, 1.54) is 24.9 Å². The first-order chi connectivity index (χ1) is 17.2. The molecule has 0 saturated heterocycles. The number of hydrogen-bond acceptors (Lipinski definition) is 9. The van der Waals surface area contributed by atoms with E-state index in [-0.39, 0.29) is 17.5 Å². The monoisotopic (exact) mass is 514 g/mol. The number of anilines is 1. The molecule has 0 saturated carbocycles. The minimum Gasteiger partial charge on any atom is -0.494 e. The minimum absolute atomic E-state index is 0.00108. The van der Waals surface area contributed by atoms with Crippen LogP contribution in [0.3, 0.4) is 0 Å². The lowest BCUT2D eigenvalue weighted by atomic mass is 10.2. The smallest absolute Gasteiger partial charge is 0.243 e. The quantitative estimate of drug-likeness (QED) is 0.345. The van der Waals surface area contributed by atoms with Crippen LogP contribution >= 0.6 is 0 Å². The summed E-state index contributed by atoms with van der Waals surface area (Å²) in [7, 11) is -1.26. The molecule has 188 valence electrons. The van der Waals surface area contributed by atoms with Crippen LogP contribution in [-0.4, -0.2) is 58.2 Å². The van der Waals surface area contributed by atoms with E-state index in [1.54, 1.807) is 30.6 Å². The number of hydrogen-bond donors (Lipinski definition) is 2. The van der Waals surface area contributed by atoms with Gasteiger partial charge >= 0.3 is 0 Å². The average molecular weight is 515 g/mol. The highest BCUT2D eigenvalue weighted by Crippen LogP contribution is 2.37. The van der Waals surface area contributed by atoms with Gasteiger partial charge in [0.15, 0.2) is 5.82 Å². The Balaban J connectivity index is 1.80. The molecule has 0 bridgehead atoms. The number of aliphatic hydroxyl groups excluding tert-OH is 1. The van der Waals surface area contributed by atoms with E-state index in [1.807, 2.05) is 13.0 Å². The molecule has 11 nitrogen and oxygen atoms in total. The van der Waals surface area contributed by atoms with Gasteiger partial charge in [-0.25, -0.2) is 12.8 Å². The summed E-state index contributed by atoms with van der Waals surface area (Å²) >= 11 is 0. The van der Waals surface area contributed by atoms with E-state index < -0.39 is 27.7 Å². The number of aryl methyl sites for hydroxylation is 1. The molecule has 3 heterocycles. The Hall–Kier alpha value is -4.10. The van der Waals surface area contributed by atoms with E-state index in [9.17, 15) is 17.9 Å². The third-order valence-corrected chi connectivity index (χ3v) is 6.39. The van der Waals surface area contributed by atoms with E-state index in [2.05, 4.69) is 24.9 Å². The molecule has 4 aromatic rings. The van der Waals surface area contributed by atoms with Crippen LogP contribution in [0.1, 0.15) is 17.4 Å². The predicted octanol–water partition coefficient (Wildman–Crippen LogP) is 2.66. The number of rotatable bonds is 9. The van der Waals surface area contributed by atoms with Crippen molar-refractivity contribution in [3.8, 4) is 28.6 Å². The van der Waals surface area contributed by atoms with Gasteiger partial charge in [-0.15, -0.1) is 10.2 Å². The average Bonchev–Trinajstić information content (AvgIpc) is 3.25. The number of methoxy groups -OCH3 is 2. The Kier molecular flexibility index (Phi) is 7.12. The first-order valence-electron chi connectivity index (χ1n) is 10.6. The summed E-state index contributed by atoms with van der Waals surface area (Å²) in [5, 5.41) is 18.7. The molecule has 0 fully saturated rings. The Morgan fingerprint density at radius 2 is 1.81 bits per heavy atom. The zero-order valence-corrected chi connectivity index (χ0v) is 20.4. The highest BCUT2D eigenvalue weighted by atomic mass is 32.2. The van der Waals surface area contributed by atoms with Gasteiger partial charge in [0.1, 0.15) is 34.9 Å². The summed E-state index contributed by atoms with van der Waals surface area (Å²) in [6, 6.07) is 9.18. The summed E-state index contributed by atoms with van der Waals surface area (Å²) in [6.07, 6.45) is 2.62. The molecule has 0 radical (unpaired) electrons. The highest BCUT2D eigenvalue weighted by molar-refractivity contribution is 7.92. The molecule has 13 heteroatoms. The second kappa shape index (κ2) is 10.3. The molecule has 1 aromatic carbocycles. The lowest BCUT2D eigenvalue weighted by Crippen LogP contribution is -2.24. The minimum atomic E-state index is -4.19. The summed E-state index contributed by atoms with van der Waals surface area (Å²) in [5.41, 5.74) is 1.77. The van der Waals surface area contributed by atoms with Crippen LogP contribution < -0.4 is 14.2 Å². The van der Waals surface area contributed by atoms with Crippen molar-refractivity contribution < 1.29 is 27.4 Å². The molecule has 4 rings (SSSR count). The number of nitrogens with one attached hydrogen (secondary N) is 1. The van der Waals surface area contributed by atoms with E-state index >= 15 is 0 Å². The van der Waals surface area contributed by atoms with Crippen LogP contribution in [-0.2, 0) is 10.0 Å². The van der Waals surface area contributed by atoms with Crippen LogP contribution in [0.4, 0.5) is 10.3 Å². The molecule has 0 aliphatic carbocycles. The fourth-order valence-electron chi connectivity index (χ4n) is 3.54. The normalized spacial score (nSPS) is 12.2. The summed E-state index contributed by atoms with van der Waals surface area (Å²) in [5.74, 6) is -0.535. The van der Waals surface area contributed by atoms with Crippen molar-refractivity contribution in [3.05, 3.63) is 72.1 Å². The van der Waals surface area contributed by atoms with Crippen molar-refractivity contribution in [2.24, 2.45) is 0 Å². The Morgan fingerprint density at radius 1 is 1.08 bits per heavy atom. The fourth-order valence-corrected chi connectivity index (χ4v) is 4.62. The van der Waals surface area contributed by atoms with Gasteiger partial charge in [-0.2, -0.15) is 0 Å². The Labute approximate surface area is 206 Å². The summed E-state index contributed by atoms with van der Waals surface area (Å²) < 4.78 is 54.0. The maximum Gasteiger partial charge on any atom is 0.243 e. The molecular weight excluding hydrogens is 491 g/mol. The van der Waals surface area contributed by atoms with Gasteiger partial charge in [-0.1, -0.05) is 6.07 Å². The van der Waals surface area contributed by atoms with Crippen LogP contribution in [0, 0.1) is 12.7 Å². The van der Waals surface area contributed by atoms with Crippen LogP contribution in [0.5, 0.6) is 11.5 Å². The number of para-hydroxylation sites is 1. The number of aliphatic hydroxyl groups is 1. The van der Waals surface area contributed by atoms with Crippen molar-refractivity contribution >= 4 is 16.0 Å². The number of benzene rings is 1. The molecule has 3 aromatic heterocycles. The maximum absolute atomic E-state index is 13.2. The van der Waals surface area contributed by atoms with Crippen LogP contribution in [0.15, 0.2) is 55.0 Å². The standard InChI is InChI=1S/C23H23FN6O5S/c1-14-9-15(11-25-10-14)22-27-28-23(30(22)21-19(34-2)5-4-6-20(21)35-3)29-36(32,33)13-18(31)17-8-7-16(24)12-26-17/h4-12,18,31H,13H2,1-3H3,(H,28,29). The lowest BCUT2D eigenvalue weighted by molar-refractivity contribution is 0.196. The molecule has 1 atom stereocenters. The molecule has 0 aliphatic heterocycles. The molecule has 0 amide bonds. The van der Waals surface area contributed by atoms with Gasteiger partial charge in [0.05, 0.1) is 26.1 Å². The topological polar surface area (TPSA) is 141 Å². The number of ether oxygens (including phenoxy) is 2. The summed E-state index contributed by atoms with van der Waals surface area (Å²) in [4.78, 5) is 7.94. The van der Waals surface area contributed by atoms with Crippen molar-refractivity contribution in [3.63, 3.8) is 0 Å². The van der Waals surface area contributed by atoms with Crippen LogP contribution in [0.2, 0.25) is 0 Å². The van der Waals surface area contributed by atoms with E-state index in [0.717, 1.165) is 17.8 Å². The molecule has 2 N–H and O–H groups in total. The van der Waals surface area contributed by atoms with Crippen molar-refractivity contribution in [2.45, 2.75) is 13.0 Å². The maximum atomic E-state index is 13.2. The predicted molar refractivity (Wildman–Crippen MR) is 129 cm³/mol. The zero-order valence-electron chi connectivity index (χ0n) is 19.6. The first kappa shape index (κ1) is 25.0. The molecule has 1 unspecified atom stereocenters. The fraction of sp³-hybridized carbons (Fsp3) is 0.217. The third kappa shape index (κ3) is 5.26. The van der Waals surface area contributed by atoms with Crippen molar-refractivity contribution in [1.82, 2.24) is 24.7 Å². The van der Waals surface area contributed by atoms with Gasteiger partial charge in [0.2, 0.25) is 16.0 Å². The summed E-state index contributed by atoms with van der Waals surface area (Å²) in [6.45, 7) is 1.86. The number of aromatic nitrogens is 5. The third-order valence-electron chi connectivity index (χ3n) is 5.14. The second-order valence-corrected chi connectivity index (χ2v) is 9.51. The van der Waals surface area contributed by atoms with Gasteiger partial charge in [0.25, 0.3) is 0 Å². The molecule has 36 heavy (non-hydrogen) atoms. The second-order valence-electron chi connectivity index (χ2n) is 7.75. The molecular formula is C23H23FN6O5S. The van der Waals surface area contributed by atoms with E-state index in [0.29, 0.717) is 22.7 Å². The lowest BCUT2D eigenvalue weighted by Gasteiger charge is -2.18. The van der Waals surface area contributed by atoms with Gasteiger partial charge in [0, 0.05) is 18.0 Å². The van der Waals surface area contributed by atoms with Crippen molar-refractivity contribution in [2.75, 3.05) is 24.7 Å².